The first-order chi connectivity index (χ1) is 7.65. The standard InChI is InChI=1S/C9H12N2O3S2/c1-14-8(13)3-6-4-16-9(10-6)11-7(12)5-15-2/h4H,3,5H2,1-2H3,(H,10,11,12). The summed E-state index contributed by atoms with van der Waals surface area (Å²) in [6.07, 6.45) is 1.98. The molecule has 1 heterocycles. The van der Waals surface area contributed by atoms with Gasteiger partial charge >= 0.3 is 5.97 Å². The lowest BCUT2D eigenvalue weighted by molar-refractivity contribution is -0.139. The van der Waals surface area contributed by atoms with Gasteiger partial charge in [0.2, 0.25) is 5.91 Å². The molecule has 7 heteroatoms. The van der Waals surface area contributed by atoms with Gasteiger partial charge in [-0.15, -0.1) is 11.3 Å². The second-order valence-electron chi connectivity index (χ2n) is 2.88. The first-order valence-electron chi connectivity index (χ1n) is 4.45. The summed E-state index contributed by atoms with van der Waals surface area (Å²) in [5.41, 5.74) is 0.608. The number of rotatable bonds is 5. The second-order valence-corrected chi connectivity index (χ2v) is 4.60. The van der Waals surface area contributed by atoms with E-state index in [0.717, 1.165) is 0 Å². The summed E-state index contributed by atoms with van der Waals surface area (Å²) < 4.78 is 4.52. The van der Waals surface area contributed by atoms with Crippen molar-refractivity contribution in [3.05, 3.63) is 11.1 Å². The average Bonchev–Trinajstić information content (AvgIpc) is 2.65. The van der Waals surface area contributed by atoms with Crippen LogP contribution in [0.5, 0.6) is 0 Å². The van der Waals surface area contributed by atoms with Crippen LogP contribution in [0, 0.1) is 0 Å². The van der Waals surface area contributed by atoms with Crippen LogP contribution in [0.15, 0.2) is 5.38 Å². The van der Waals surface area contributed by atoms with E-state index in [1.165, 1.54) is 30.2 Å². The Morgan fingerprint density at radius 2 is 2.38 bits per heavy atom. The number of ether oxygens (including phenoxy) is 1. The zero-order valence-corrected chi connectivity index (χ0v) is 10.6. The normalized spacial score (nSPS) is 9.88. The lowest BCUT2D eigenvalue weighted by Gasteiger charge is -1.98. The Balaban J connectivity index is 2.51. The average molecular weight is 260 g/mol. The largest absolute Gasteiger partial charge is 0.469 e. The topological polar surface area (TPSA) is 68.3 Å². The molecule has 0 aliphatic heterocycles. The van der Waals surface area contributed by atoms with Gasteiger partial charge in [0.25, 0.3) is 0 Å². The number of nitrogens with zero attached hydrogens (tertiary/aromatic N) is 1. The maximum atomic E-state index is 11.2. The number of aromatic nitrogens is 1. The van der Waals surface area contributed by atoms with Gasteiger partial charge in [-0.3, -0.25) is 9.59 Å². The molecule has 0 aliphatic rings. The van der Waals surface area contributed by atoms with Crippen LogP contribution in [-0.4, -0.2) is 36.0 Å². The number of carbonyl (C=O) groups is 2. The van der Waals surface area contributed by atoms with Crippen molar-refractivity contribution in [1.29, 1.82) is 0 Å². The molecule has 1 aromatic heterocycles. The van der Waals surface area contributed by atoms with Gasteiger partial charge in [-0.05, 0) is 6.26 Å². The molecule has 0 aliphatic carbocycles. The third-order valence-electron chi connectivity index (χ3n) is 1.63. The van der Waals surface area contributed by atoms with E-state index in [2.05, 4.69) is 15.0 Å². The summed E-state index contributed by atoms with van der Waals surface area (Å²) >= 11 is 2.74. The predicted octanol–water partition coefficient (Wildman–Crippen LogP) is 1.16. The van der Waals surface area contributed by atoms with E-state index in [-0.39, 0.29) is 18.3 Å². The van der Waals surface area contributed by atoms with Crippen molar-refractivity contribution in [3.8, 4) is 0 Å². The number of hydrogen-bond donors (Lipinski definition) is 1. The van der Waals surface area contributed by atoms with Crippen LogP contribution in [0.3, 0.4) is 0 Å². The Bertz CT molecular complexity index is 379. The number of thiazole rings is 1. The van der Waals surface area contributed by atoms with Gasteiger partial charge in [0.15, 0.2) is 5.13 Å². The van der Waals surface area contributed by atoms with Crippen molar-refractivity contribution in [2.45, 2.75) is 6.42 Å². The van der Waals surface area contributed by atoms with Crippen molar-refractivity contribution in [1.82, 2.24) is 4.98 Å². The molecule has 0 saturated carbocycles. The molecule has 88 valence electrons. The molecule has 1 amide bonds. The number of methoxy groups -OCH3 is 1. The lowest BCUT2D eigenvalue weighted by Crippen LogP contribution is -2.13. The van der Waals surface area contributed by atoms with Crippen molar-refractivity contribution in [2.75, 3.05) is 24.4 Å². The maximum absolute atomic E-state index is 11.2. The molecule has 0 bridgehead atoms. The van der Waals surface area contributed by atoms with Crippen LogP contribution in [0.2, 0.25) is 0 Å². The summed E-state index contributed by atoms with van der Waals surface area (Å²) in [4.78, 5) is 26.3. The monoisotopic (exact) mass is 260 g/mol. The zero-order chi connectivity index (χ0) is 12.0. The molecule has 0 spiro atoms. The fourth-order valence-electron chi connectivity index (χ4n) is 0.952. The smallest absolute Gasteiger partial charge is 0.311 e. The SMILES string of the molecule is COC(=O)Cc1csc(NC(=O)CSC)n1. The Labute approximate surface area is 102 Å². The predicted molar refractivity (Wildman–Crippen MR) is 64.8 cm³/mol. The Morgan fingerprint density at radius 1 is 1.62 bits per heavy atom. The van der Waals surface area contributed by atoms with Gasteiger partial charge in [-0.25, -0.2) is 4.98 Å². The number of anilines is 1. The van der Waals surface area contributed by atoms with Crippen LogP contribution in [0.4, 0.5) is 5.13 Å². The molecule has 0 radical (unpaired) electrons. The number of nitrogens with one attached hydrogen (secondary N) is 1. The molecule has 16 heavy (non-hydrogen) atoms. The fraction of sp³-hybridized carbons (Fsp3) is 0.444. The summed E-state index contributed by atoms with van der Waals surface area (Å²) in [6.45, 7) is 0. The van der Waals surface area contributed by atoms with Crippen LogP contribution in [-0.2, 0) is 20.7 Å². The molecule has 0 aromatic carbocycles. The van der Waals surface area contributed by atoms with Crippen LogP contribution in [0.25, 0.3) is 0 Å². The molecule has 1 rings (SSSR count). The molecule has 0 fully saturated rings. The molecule has 1 N–H and O–H groups in total. The van der Waals surface area contributed by atoms with Crippen molar-refractivity contribution in [2.24, 2.45) is 0 Å². The maximum Gasteiger partial charge on any atom is 0.311 e. The van der Waals surface area contributed by atoms with Gasteiger partial charge in [0.05, 0.1) is 25.0 Å². The minimum atomic E-state index is -0.340. The van der Waals surface area contributed by atoms with Crippen LogP contribution < -0.4 is 5.32 Å². The summed E-state index contributed by atoms with van der Waals surface area (Å²) in [6, 6.07) is 0. The van der Waals surface area contributed by atoms with Gasteiger partial charge in [-0.2, -0.15) is 11.8 Å². The van der Waals surface area contributed by atoms with E-state index in [9.17, 15) is 9.59 Å². The minimum absolute atomic E-state index is 0.0912. The van der Waals surface area contributed by atoms with Crippen LogP contribution >= 0.6 is 23.1 Å². The van der Waals surface area contributed by atoms with E-state index < -0.39 is 0 Å². The molecular weight excluding hydrogens is 248 g/mol. The number of esters is 1. The van der Waals surface area contributed by atoms with Gasteiger partial charge < -0.3 is 10.1 Å². The highest BCUT2D eigenvalue weighted by Crippen LogP contribution is 2.16. The molecular formula is C9H12N2O3S2. The molecule has 0 saturated heterocycles. The molecule has 5 nitrogen and oxygen atoms in total. The number of thioether (sulfide) groups is 1. The quantitative estimate of drug-likeness (QED) is 0.805. The Morgan fingerprint density at radius 3 is 3.00 bits per heavy atom. The van der Waals surface area contributed by atoms with Gasteiger partial charge in [0.1, 0.15) is 0 Å². The number of carbonyl (C=O) groups excluding carboxylic acids is 2. The summed E-state index contributed by atoms with van der Waals surface area (Å²) in [5.74, 6) is -0.0369. The molecule has 0 atom stereocenters. The summed E-state index contributed by atoms with van der Waals surface area (Å²) in [5, 5.41) is 4.89. The van der Waals surface area contributed by atoms with Crippen molar-refractivity contribution in [3.63, 3.8) is 0 Å². The highest BCUT2D eigenvalue weighted by Gasteiger charge is 2.09. The van der Waals surface area contributed by atoms with E-state index in [1.807, 2.05) is 6.26 Å². The van der Waals surface area contributed by atoms with E-state index in [4.69, 9.17) is 0 Å². The van der Waals surface area contributed by atoms with Crippen molar-refractivity contribution < 1.29 is 14.3 Å². The van der Waals surface area contributed by atoms with E-state index >= 15 is 0 Å². The zero-order valence-electron chi connectivity index (χ0n) is 8.98. The fourth-order valence-corrected chi connectivity index (χ4v) is 2.01. The first-order valence-corrected chi connectivity index (χ1v) is 6.73. The number of amides is 1. The highest BCUT2D eigenvalue weighted by atomic mass is 32.2. The minimum Gasteiger partial charge on any atom is -0.469 e. The van der Waals surface area contributed by atoms with E-state index in [0.29, 0.717) is 16.6 Å². The van der Waals surface area contributed by atoms with Gasteiger partial charge in [0, 0.05) is 5.38 Å². The van der Waals surface area contributed by atoms with Gasteiger partial charge in [-0.1, -0.05) is 0 Å². The Kier molecular flexibility index (Phi) is 5.27. The lowest BCUT2D eigenvalue weighted by atomic mass is 10.3. The third-order valence-corrected chi connectivity index (χ3v) is 2.98. The second kappa shape index (κ2) is 6.49. The van der Waals surface area contributed by atoms with Crippen molar-refractivity contribution >= 4 is 40.1 Å². The highest BCUT2D eigenvalue weighted by molar-refractivity contribution is 7.99. The van der Waals surface area contributed by atoms with E-state index in [1.54, 1.807) is 5.38 Å². The number of hydrogen-bond acceptors (Lipinski definition) is 6. The van der Waals surface area contributed by atoms with Crippen LogP contribution in [0.1, 0.15) is 5.69 Å². The molecule has 0 unspecified atom stereocenters. The Hall–Kier alpha value is -1.08. The molecule has 1 aromatic rings. The third kappa shape index (κ3) is 4.19. The first kappa shape index (κ1) is 13.0. The summed E-state index contributed by atoms with van der Waals surface area (Å²) in [7, 11) is 1.33.